The molecular weight excluding hydrogens is 619 g/mol. The molecule has 3 nitrogen and oxygen atoms in total. The maximum Gasteiger partial charge on any atom is 0.235 e. The predicted molar refractivity (Wildman–Crippen MR) is 210 cm³/mol. The molecule has 0 unspecified atom stereocenters. The number of rotatable bonds is 3. The van der Waals surface area contributed by atoms with Gasteiger partial charge in [0, 0.05) is 47.3 Å². The van der Waals surface area contributed by atoms with E-state index in [1.54, 1.807) is 0 Å². The highest BCUT2D eigenvalue weighted by Gasteiger charge is 2.25. The van der Waals surface area contributed by atoms with Gasteiger partial charge in [-0.15, -0.1) is 11.3 Å². The third kappa shape index (κ3) is 3.92. The van der Waals surface area contributed by atoms with Crippen molar-refractivity contribution in [3.63, 3.8) is 0 Å². The van der Waals surface area contributed by atoms with Crippen molar-refractivity contribution in [3.8, 4) is 17.2 Å². The fraction of sp³-hybridized carbons (Fsp3) is 0.0698. The first-order chi connectivity index (χ1) is 23.5. The Labute approximate surface area is 282 Å². The number of hydrogen-bond donors (Lipinski definition) is 0. The summed E-state index contributed by atoms with van der Waals surface area (Å²) in [4.78, 5) is 10.8. The molecular formula is C43H31N3SSi. The van der Waals surface area contributed by atoms with Crippen molar-refractivity contribution in [2.45, 2.75) is 19.6 Å². The van der Waals surface area contributed by atoms with E-state index in [2.05, 4.69) is 158 Å². The standard InChI is InChI=1S/C43H31N3SSi/c1-48(2,3)28-23-20-27(21-24-28)40-30-14-6-9-17-34(30)44-43(45-40)46-35-18-10-7-15-31(35)37-33-25-22-26-12-4-5-13-29(26)38(33)42-39(41(37)46)32-16-8-11-19-36(32)47-42/h4-25H,1-3H3. The molecule has 0 amide bonds. The second-order valence-corrected chi connectivity index (χ2v) is 19.9. The van der Waals surface area contributed by atoms with Crippen molar-refractivity contribution in [2.24, 2.45) is 0 Å². The summed E-state index contributed by atoms with van der Waals surface area (Å²) in [6, 6.07) is 48.6. The summed E-state index contributed by atoms with van der Waals surface area (Å²) >= 11 is 1.89. The summed E-state index contributed by atoms with van der Waals surface area (Å²) in [6.07, 6.45) is 0. The number of para-hydroxylation sites is 2. The van der Waals surface area contributed by atoms with Crippen LogP contribution in [0.25, 0.3) is 91.6 Å². The van der Waals surface area contributed by atoms with Crippen molar-refractivity contribution >= 4 is 99.0 Å². The van der Waals surface area contributed by atoms with E-state index < -0.39 is 8.07 Å². The fourth-order valence-electron chi connectivity index (χ4n) is 7.65. The summed E-state index contributed by atoms with van der Waals surface area (Å²) < 4.78 is 4.93. The van der Waals surface area contributed by atoms with Crippen LogP contribution in [0.5, 0.6) is 0 Å². The Bertz CT molecular complexity index is 2930. The summed E-state index contributed by atoms with van der Waals surface area (Å²) in [5.74, 6) is 0.695. The maximum absolute atomic E-state index is 5.47. The van der Waals surface area contributed by atoms with Gasteiger partial charge in [-0.2, -0.15) is 0 Å². The van der Waals surface area contributed by atoms with E-state index in [0.717, 1.165) is 27.7 Å². The van der Waals surface area contributed by atoms with Crippen LogP contribution in [0.4, 0.5) is 0 Å². The molecule has 3 heterocycles. The van der Waals surface area contributed by atoms with Gasteiger partial charge < -0.3 is 0 Å². The van der Waals surface area contributed by atoms with Crippen molar-refractivity contribution in [1.82, 2.24) is 14.5 Å². The molecule has 0 atom stereocenters. The van der Waals surface area contributed by atoms with Crippen LogP contribution < -0.4 is 5.19 Å². The number of hydrogen-bond acceptors (Lipinski definition) is 3. The second-order valence-electron chi connectivity index (χ2n) is 13.8. The average molecular weight is 650 g/mol. The molecule has 7 aromatic carbocycles. The average Bonchev–Trinajstić information content (AvgIpc) is 3.67. The Balaban J connectivity index is 1.40. The summed E-state index contributed by atoms with van der Waals surface area (Å²) in [7, 11) is -1.44. The minimum Gasteiger partial charge on any atom is -0.277 e. The van der Waals surface area contributed by atoms with Gasteiger partial charge in [0.2, 0.25) is 5.95 Å². The number of aromatic nitrogens is 3. The Morgan fingerprint density at radius 3 is 2.04 bits per heavy atom. The van der Waals surface area contributed by atoms with E-state index in [0.29, 0.717) is 5.95 Å². The predicted octanol–water partition coefficient (Wildman–Crippen LogP) is 11.6. The highest BCUT2D eigenvalue weighted by molar-refractivity contribution is 7.27. The van der Waals surface area contributed by atoms with Crippen LogP contribution in [0.2, 0.25) is 19.6 Å². The molecule has 228 valence electrons. The first-order valence-electron chi connectivity index (χ1n) is 16.5. The number of thiophene rings is 1. The molecule has 5 heteroatoms. The Morgan fingerprint density at radius 1 is 0.542 bits per heavy atom. The number of nitrogens with zero attached hydrogens (tertiary/aromatic N) is 3. The molecule has 0 aliphatic heterocycles. The SMILES string of the molecule is C[Si](C)(C)c1ccc(-c2nc(-n3c4ccccc4c4c5ccc6ccccc6c5c5sc6ccccc6c5c43)nc3ccccc23)cc1. The van der Waals surface area contributed by atoms with Gasteiger partial charge in [-0.3, -0.25) is 4.57 Å². The van der Waals surface area contributed by atoms with Crippen LogP contribution >= 0.6 is 11.3 Å². The van der Waals surface area contributed by atoms with E-state index >= 15 is 0 Å². The highest BCUT2D eigenvalue weighted by Crippen LogP contribution is 2.49. The molecule has 0 bridgehead atoms. The van der Waals surface area contributed by atoms with Gasteiger partial charge in [0.15, 0.2) is 0 Å². The highest BCUT2D eigenvalue weighted by atomic mass is 32.1. The number of benzene rings is 7. The first kappa shape index (κ1) is 27.7. The zero-order valence-corrected chi connectivity index (χ0v) is 28.8. The normalized spacial score (nSPS) is 12.5. The van der Waals surface area contributed by atoms with E-state index in [1.165, 1.54) is 63.2 Å². The minimum atomic E-state index is -1.44. The fourth-order valence-corrected chi connectivity index (χ4v) is 10.1. The smallest absolute Gasteiger partial charge is 0.235 e. The molecule has 10 rings (SSSR count). The first-order valence-corrected chi connectivity index (χ1v) is 20.8. The van der Waals surface area contributed by atoms with Gasteiger partial charge in [0.05, 0.1) is 30.3 Å². The van der Waals surface area contributed by atoms with Gasteiger partial charge in [-0.25, -0.2) is 9.97 Å². The molecule has 0 saturated heterocycles. The lowest BCUT2D eigenvalue weighted by molar-refractivity contribution is 1.02. The topological polar surface area (TPSA) is 30.7 Å². The minimum absolute atomic E-state index is 0.695. The van der Waals surface area contributed by atoms with Crippen molar-refractivity contribution < 1.29 is 0 Å². The van der Waals surface area contributed by atoms with Gasteiger partial charge in [0.25, 0.3) is 0 Å². The van der Waals surface area contributed by atoms with Crippen LogP contribution in [0, 0.1) is 0 Å². The summed E-state index contributed by atoms with van der Waals surface area (Å²) in [5, 5.41) is 12.6. The second kappa shape index (κ2) is 10.1. The Morgan fingerprint density at radius 2 is 1.23 bits per heavy atom. The van der Waals surface area contributed by atoms with E-state index in [-0.39, 0.29) is 0 Å². The van der Waals surface area contributed by atoms with Gasteiger partial charge >= 0.3 is 0 Å². The third-order valence-electron chi connectivity index (χ3n) is 9.95. The molecule has 0 N–H and O–H groups in total. The molecule has 0 aliphatic rings. The van der Waals surface area contributed by atoms with Crippen molar-refractivity contribution in [3.05, 3.63) is 133 Å². The zero-order valence-electron chi connectivity index (χ0n) is 27.0. The summed E-state index contributed by atoms with van der Waals surface area (Å²) in [5.41, 5.74) is 5.29. The molecule has 0 radical (unpaired) electrons. The van der Waals surface area contributed by atoms with Crippen LogP contribution in [-0.2, 0) is 0 Å². The maximum atomic E-state index is 5.47. The third-order valence-corrected chi connectivity index (χ3v) is 13.2. The zero-order chi connectivity index (χ0) is 32.1. The Kier molecular flexibility index (Phi) is 5.82. The van der Waals surface area contributed by atoms with Gasteiger partial charge in [0.1, 0.15) is 0 Å². The summed E-state index contributed by atoms with van der Waals surface area (Å²) in [6.45, 7) is 7.18. The molecule has 10 aromatic rings. The Hall–Kier alpha value is -5.36. The quantitative estimate of drug-likeness (QED) is 0.141. The lowest BCUT2D eigenvalue weighted by atomic mass is 9.95. The van der Waals surface area contributed by atoms with Crippen molar-refractivity contribution in [1.29, 1.82) is 0 Å². The molecule has 0 saturated carbocycles. The lowest BCUT2D eigenvalue weighted by Crippen LogP contribution is -2.37. The molecule has 0 spiro atoms. The van der Waals surface area contributed by atoms with Crippen molar-refractivity contribution in [2.75, 3.05) is 0 Å². The largest absolute Gasteiger partial charge is 0.277 e. The van der Waals surface area contributed by atoms with E-state index in [4.69, 9.17) is 9.97 Å². The number of fused-ring (bicyclic) bond motifs is 13. The van der Waals surface area contributed by atoms with Crippen LogP contribution in [-0.4, -0.2) is 22.6 Å². The van der Waals surface area contributed by atoms with Crippen LogP contribution in [0.1, 0.15) is 0 Å². The van der Waals surface area contributed by atoms with Crippen LogP contribution in [0.3, 0.4) is 0 Å². The molecule has 0 fully saturated rings. The van der Waals surface area contributed by atoms with E-state index in [1.807, 2.05) is 11.3 Å². The molecule has 0 aliphatic carbocycles. The molecule has 48 heavy (non-hydrogen) atoms. The van der Waals surface area contributed by atoms with E-state index in [9.17, 15) is 0 Å². The monoisotopic (exact) mass is 649 g/mol. The lowest BCUT2D eigenvalue weighted by Gasteiger charge is -2.17. The van der Waals surface area contributed by atoms with Gasteiger partial charge in [-0.1, -0.05) is 140 Å². The van der Waals surface area contributed by atoms with Gasteiger partial charge in [-0.05, 0) is 34.4 Å². The van der Waals surface area contributed by atoms with Crippen LogP contribution in [0.15, 0.2) is 133 Å². The molecule has 3 aromatic heterocycles.